The molecular weight excluding hydrogens is 148 g/mol. The van der Waals surface area contributed by atoms with E-state index in [0.717, 1.165) is 0 Å². The van der Waals surface area contributed by atoms with Gasteiger partial charge in [-0.2, -0.15) is 0 Å². The molecule has 0 saturated carbocycles. The van der Waals surface area contributed by atoms with E-state index in [0.29, 0.717) is 0 Å². The molecule has 0 amide bonds. The highest BCUT2D eigenvalue weighted by molar-refractivity contribution is 6.73. The van der Waals surface area contributed by atoms with Crippen LogP contribution in [0.25, 0.3) is 0 Å². The molecule has 1 nitrogen and oxygen atoms in total. The van der Waals surface area contributed by atoms with Crippen LogP contribution in [0.2, 0.25) is 26.2 Å². The van der Waals surface area contributed by atoms with E-state index in [1.807, 2.05) is 0 Å². The van der Waals surface area contributed by atoms with Crippen molar-refractivity contribution in [3.05, 3.63) is 0 Å². The first-order valence-electron chi connectivity index (χ1n) is 2.70. The van der Waals surface area contributed by atoms with Gasteiger partial charge in [0.1, 0.15) is 9.76 Å². The minimum absolute atomic E-state index is 0. The van der Waals surface area contributed by atoms with E-state index < -0.39 is 8.32 Å². The summed E-state index contributed by atoms with van der Waals surface area (Å²) in [5, 5.41) is 0. The third-order valence-electron chi connectivity index (χ3n) is 0.577. The molecule has 0 rings (SSSR count). The second kappa shape index (κ2) is 4.49. The molecule has 0 bridgehead atoms. The van der Waals surface area contributed by atoms with E-state index in [1.165, 1.54) is 0 Å². The van der Waals surface area contributed by atoms with E-state index in [-0.39, 0.29) is 20.7 Å². The molecular formula is C4H14OSi3. The van der Waals surface area contributed by atoms with E-state index in [1.54, 1.807) is 0 Å². The third kappa shape index (κ3) is 9.79. The summed E-state index contributed by atoms with van der Waals surface area (Å²) in [4.78, 5) is 0. The Bertz CT molecular complexity index is 49.7. The normalized spacial score (nSPS) is 12.0. The van der Waals surface area contributed by atoms with Crippen molar-refractivity contribution in [2.45, 2.75) is 26.2 Å². The summed E-state index contributed by atoms with van der Waals surface area (Å²) in [6.07, 6.45) is 0. The lowest BCUT2D eigenvalue weighted by atomic mass is 11.8. The zero-order chi connectivity index (χ0) is 5.91. The van der Waals surface area contributed by atoms with Crippen molar-refractivity contribution in [1.29, 1.82) is 0 Å². The molecule has 0 N–H and O–H groups in total. The highest BCUT2D eigenvalue weighted by Gasteiger charge is 2.10. The van der Waals surface area contributed by atoms with Crippen LogP contribution in [-0.4, -0.2) is 29.0 Å². The molecule has 0 heterocycles. The molecule has 48 valence electrons. The van der Waals surface area contributed by atoms with E-state index >= 15 is 0 Å². The van der Waals surface area contributed by atoms with Gasteiger partial charge in [-0.25, -0.2) is 0 Å². The fourth-order valence-corrected chi connectivity index (χ4v) is 3.90. The monoisotopic (exact) mass is 162 g/mol. The zero-order valence-corrected chi connectivity index (χ0v) is 9.53. The molecule has 0 spiro atoms. The van der Waals surface area contributed by atoms with Crippen LogP contribution in [0.4, 0.5) is 0 Å². The molecule has 0 aromatic heterocycles. The van der Waals surface area contributed by atoms with Gasteiger partial charge in [-0.3, -0.25) is 0 Å². The Morgan fingerprint density at radius 1 is 1.25 bits per heavy atom. The maximum absolute atomic E-state index is 5.51. The first kappa shape index (κ1) is 11.4. The Morgan fingerprint density at radius 3 is 1.62 bits per heavy atom. The maximum Gasteiger partial charge on any atom is 0.169 e. The predicted molar refractivity (Wildman–Crippen MR) is 44.6 cm³/mol. The van der Waals surface area contributed by atoms with Crippen molar-refractivity contribution >= 4 is 29.0 Å². The zero-order valence-electron chi connectivity index (χ0n) is 6.12. The molecule has 0 aromatic carbocycles. The highest BCUT2D eigenvalue weighted by atomic mass is 28.4. The molecule has 0 aliphatic carbocycles. The Kier molecular flexibility index (Phi) is 6.40. The lowest BCUT2D eigenvalue weighted by Gasteiger charge is -2.14. The van der Waals surface area contributed by atoms with Gasteiger partial charge in [0.15, 0.2) is 8.32 Å². The van der Waals surface area contributed by atoms with Gasteiger partial charge in [-0.1, -0.05) is 6.55 Å². The molecule has 0 aliphatic rings. The largest absolute Gasteiger partial charge is 0.461 e. The highest BCUT2D eigenvalue weighted by Crippen LogP contribution is 1.99. The van der Waals surface area contributed by atoms with E-state index in [9.17, 15) is 0 Å². The van der Waals surface area contributed by atoms with Crippen LogP contribution in [0.5, 0.6) is 0 Å². The van der Waals surface area contributed by atoms with Gasteiger partial charge in [0.05, 0.1) is 0 Å². The van der Waals surface area contributed by atoms with Crippen molar-refractivity contribution in [3.63, 3.8) is 0 Å². The van der Waals surface area contributed by atoms with Gasteiger partial charge in [0, 0.05) is 11.0 Å². The van der Waals surface area contributed by atoms with Crippen molar-refractivity contribution in [1.82, 2.24) is 0 Å². The van der Waals surface area contributed by atoms with Crippen molar-refractivity contribution < 1.29 is 4.12 Å². The van der Waals surface area contributed by atoms with Crippen LogP contribution in [0.1, 0.15) is 0 Å². The van der Waals surface area contributed by atoms with Crippen LogP contribution in [0.3, 0.4) is 0 Å². The van der Waals surface area contributed by atoms with Crippen LogP contribution < -0.4 is 0 Å². The van der Waals surface area contributed by atoms with Gasteiger partial charge in [0.25, 0.3) is 0 Å². The fourth-order valence-electron chi connectivity index (χ4n) is 0.433. The molecule has 0 atom stereocenters. The molecule has 8 heavy (non-hydrogen) atoms. The molecule has 4 radical (unpaired) electrons. The lowest BCUT2D eigenvalue weighted by molar-refractivity contribution is 0.603. The summed E-state index contributed by atoms with van der Waals surface area (Å²) in [6.45, 7) is 8.86. The first-order chi connectivity index (χ1) is 3.06. The van der Waals surface area contributed by atoms with Crippen molar-refractivity contribution in [3.8, 4) is 0 Å². The average Bonchev–Trinajstić information content (AvgIpc) is 1.30. The van der Waals surface area contributed by atoms with Crippen LogP contribution in [-0.2, 0) is 4.12 Å². The summed E-state index contributed by atoms with van der Waals surface area (Å²) in [7, 11) is -1.22. The number of rotatable bonds is 2. The Morgan fingerprint density at radius 2 is 1.62 bits per heavy atom. The SMILES string of the molecule is C[SiH2]O[Si](C)(C)C.[Si]. The van der Waals surface area contributed by atoms with Gasteiger partial charge >= 0.3 is 0 Å². The summed E-state index contributed by atoms with van der Waals surface area (Å²) < 4.78 is 5.51. The second-order valence-electron chi connectivity index (χ2n) is 2.55. The van der Waals surface area contributed by atoms with Crippen molar-refractivity contribution in [2.24, 2.45) is 0 Å². The summed E-state index contributed by atoms with van der Waals surface area (Å²) in [5.74, 6) is 0. The maximum atomic E-state index is 5.51. The van der Waals surface area contributed by atoms with E-state index in [4.69, 9.17) is 4.12 Å². The van der Waals surface area contributed by atoms with Crippen LogP contribution in [0.15, 0.2) is 0 Å². The van der Waals surface area contributed by atoms with Crippen molar-refractivity contribution in [2.75, 3.05) is 0 Å². The molecule has 4 heteroatoms. The molecule has 0 saturated heterocycles. The topological polar surface area (TPSA) is 9.23 Å². The molecule has 0 fully saturated rings. The standard InChI is InChI=1S/C4H14OSi2.Si/c1-6-5-7(2,3)4;/h6H2,1-4H3;. The lowest BCUT2D eigenvalue weighted by Crippen LogP contribution is -2.26. The summed E-state index contributed by atoms with van der Waals surface area (Å²) in [5.41, 5.74) is 0. The van der Waals surface area contributed by atoms with Crippen LogP contribution in [0, 0.1) is 0 Å². The first-order valence-corrected chi connectivity index (χ1v) is 8.10. The third-order valence-corrected chi connectivity index (χ3v) is 5.20. The Hall–Kier alpha value is 0.611. The number of hydrogen-bond donors (Lipinski definition) is 0. The minimum Gasteiger partial charge on any atom is -0.461 e. The molecule has 0 aliphatic heterocycles. The van der Waals surface area contributed by atoms with Gasteiger partial charge < -0.3 is 4.12 Å². The summed E-state index contributed by atoms with van der Waals surface area (Å²) >= 11 is 0. The second-order valence-corrected chi connectivity index (χ2v) is 8.50. The minimum atomic E-state index is -1.10. The molecule has 0 aromatic rings. The fraction of sp³-hybridized carbons (Fsp3) is 1.00. The van der Waals surface area contributed by atoms with Gasteiger partial charge in [-0.15, -0.1) is 0 Å². The number of hydrogen-bond acceptors (Lipinski definition) is 1. The molecule has 0 unspecified atom stereocenters. The van der Waals surface area contributed by atoms with Crippen LogP contribution >= 0.6 is 0 Å². The Balaban J connectivity index is 0. The Labute approximate surface area is 59.9 Å². The predicted octanol–water partition coefficient (Wildman–Crippen LogP) is 0.589. The quantitative estimate of drug-likeness (QED) is 0.540. The van der Waals surface area contributed by atoms with Gasteiger partial charge in [0.2, 0.25) is 0 Å². The van der Waals surface area contributed by atoms with E-state index in [2.05, 4.69) is 26.2 Å². The average molecular weight is 162 g/mol. The smallest absolute Gasteiger partial charge is 0.169 e. The summed E-state index contributed by atoms with van der Waals surface area (Å²) in [6, 6.07) is 0. The van der Waals surface area contributed by atoms with Gasteiger partial charge in [-0.05, 0) is 19.6 Å².